The lowest BCUT2D eigenvalue weighted by Crippen LogP contribution is -2.08. The van der Waals surface area contributed by atoms with E-state index >= 15 is 0 Å². The van der Waals surface area contributed by atoms with Crippen LogP contribution in [0.5, 0.6) is 5.75 Å². The van der Waals surface area contributed by atoms with Gasteiger partial charge in [-0.25, -0.2) is 0 Å². The molecule has 22 heavy (non-hydrogen) atoms. The van der Waals surface area contributed by atoms with Crippen molar-refractivity contribution >= 4 is 40.9 Å². The Hall–Kier alpha value is -1.97. The third kappa shape index (κ3) is 4.52. The first-order chi connectivity index (χ1) is 10.6. The Balaban J connectivity index is 2.00. The predicted molar refractivity (Wildman–Crippen MR) is 91.7 cm³/mol. The normalized spacial score (nSPS) is 10.7. The van der Waals surface area contributed by atoms with Gasteiger partial charge in [-0.3, -0.25) is 4.79 Å². The highest BCUT2D eigenvalue weighted by Crippen LogP contribution is 2.29. The van der Waals surface area contributed by atoms with Crippen LogP contribution in [-0.2, 0) is 4.79 Å². The minimum Gasteiger partial charge on any atom is -0.494 e. The lowest BCUT2D eigenvalue weighted by molar-refractivity contribution is -0.111. The fraction of sp³-hybridized carbons (Fsp3) is 0.118. The van der Waals surface area contributed by atoms with Gasteiger partial charge in [0.2, 0.25) is 5.91 Å². The van der Waals surface area contributed by atoms with Gasteiger partial charge in [-0.05, 0) is 42.8 Å². The average molecular weight is 336 g/mol. The summed E-state index contributed by atoms with van der Waals surface area (Å²) in [6.45, 7) is 2.55. The van der Waals surface area contributed by atoms with Crippen molar-refractivity contribution in [1.29, 1.82) is 0 Å². The molecule has 0 spiro atoms. The second-order valence-electron chi connectivity index (χ2n) is 4.43. The molecule has 3 nitrogen and oxygen atoms in total. The molecule has 0 saturated carbocycles. The molecule has 2 aromatic rings. The van der Waals surface area contributed by atoms with Gasteiger partial charge in [0.25, 0.3) is 0 Å². The monoisotopic (exact) mass is 335 g/mol. The van der Waals surface area contributed by atoms with Crippen LogP contribution < -0.4 is 10.1 Å². The Kier molecular flexibility index (Phi) is 5.87. The number of rotatable bonds is 5. The minimum atomic E-state index is -0.280. The van der Waals surface area contributed by atoms with E-state index < -0.39 is 0 Å². The van der Waals surface area contributed by atoms with Crippen molar-refractivity contribution in [2.75, 3.05) is 11.9 Å². The fourth-order valence-electron chi connectivity index (χ4n) is 1.79. The first-order valence-electron chi connectivity index (χ1n) is 6.76. The number of benzene rings is 2. The van der Waals surface area contributed by atoms with Crippen LogP contribution in [0.4, 0.5) is 5.69 Å². The number of ether oxygens (including phenoxy) is 1. The highest BCUT2D eigenvalue weighted by Gasteiger charge is 2.05. The van der Waals surface area contributed by atoms with Crippen LogP contribution in [0.25, 0.3) is 6.08 Å². The van der Waals surface area contributed by atoms with Gasteiger partial charge in [-0.1, -0.05) is 41.4 Å². The van der Waals surface area contributed by atoms with Crippen molar-refractivity contribution in [2.24, 2.45) is 0 Å². The number of hydrogen-bond acceptors (Lipinski definition) is 2. The number of carbonyl (C=O) groups excluding carboxylic acids is 1. The summed E-state index contributed by atoms with van der Waals surface area (Å²) in [6, 6.07) is 12.5. The van der Waals surface area contributed by atoms with Crippen LogP contribution in [0.2, 0.25) is 10.0 Å². The molecule has 0 aliphatic heterocycles. The van der Waals surface area contributed by atoms with Crippen LogP contribution in [-0.4, -0.2) is 12.5 Å². The number of hydrogen-bond donors (Lipinski definition) is 1. The molecule has 0 saturated heterocycles. The van der Waals surface area contributed by atoms with Gasteiger partial charge >= 0.3 is 0 Å². The van der Waals surface area contributed by atoms with Gasteiger partial charge in [-0.2, -0.15) is 0 Å². The van der Waals surface area contributed by atoms with E-state index in [2.05, 4.69) is 5.32 Å². The summed E-state index contributed by atoms with van der Waals surface area (Å²) >= 11 is 11.9. The van der Waals surface area contributed by atoms with E-state index in [1.54, 1.807) is 24.3 Å². The van der Waals surface area contributed by atoms with Crippen molar-refractivity contribution in [3.05, 3.63) is 64.1 Å². The molecule has 0 aliphatic carbocycles. The molecular formula is C17H15Cl2NO2. The van der Waals surface area contributed by atoms with Crippen molar-refractivity contribution < 1.29 is 9.53 Å². The molecule has 0 aliphatic rings. The fourth-order valence-corrected chi connectivity index (χ4v) is 2.14. The molecule has 1 N–H and O–H groups in total. The number of carbonyl (C=O) groups is 1. The van der Waals surface area contributed by atoms with E-state index in [-0.39, 0.29) is 5.91 Å². The maximum atomic E-state index is 11.9. The maximum Gasteiger partial charge on any atom is 0.248 e. The number of nitrogens with one attached hydrogen (secondary N) is 1. The van der Waals surface area contributed by atoms with Crippen molar-refractivity contribution in [3.63, 3.8) is 0 Å². The molecule has 2 aromatic carbocycles. The Morgan fingerprint density at radius 3 is 2.59 bits per heavy atom. The molecule has 114 valence electrons. The van der Waals surface area contributed by atoms with Crippen molar-refractivity contribution in [3.8, 4) is 5.75 Å². The van der Waals surface area contributed by atoms with E-state index in [1.807, 2.05) is 31.2 Å². The van der Waals surface area contributed by atoms with Crippen molar-refractivity contribution in [1.82, 2.24) is 0 Å². The Bertz CT molecular complexity index is 682. The predicted octanol–water partition coefficient (Wildman–Crippen LogP) is 5.04. The lowest BCUT2D eigenvalue weighted by Gasteiger charge is -2.06. The number of anilines is 1. The lowest BCUT2D eigenvalue weighted by atomic mass is 10.2. The first-order valence-corrected chi connectivity index (χ1v) is 7.51. The van der Waals surface area contributed by atoms with Gasteiger partial charge in [0.1, 0.15) is 5.75 Å². The molecule has 1 amide bonds. The summed E-state index contributed by atoms with van der Waals surface area (Å²) in [5.74, 6) is 0.521. The van der Waals surface area contributed by atoms with Gasteiger partial charge in [0, 0.05) is 6.08 Å². The van der Waals surface area contributed by atoms with Crippen LogP contribution in [0, 0.1) is 0 Å². The van der Waals surface area contributed by atoms with Crippen LogP contribution in [0.15, 0.2) is 48.5 Å². The second kappa shape index (κ2) is 7.87. The summed E-state index contributed by atoms with van der Waals surface area (Å²) in [5.41, 5.74) is 1.38. The molecule has 5 heteroatoms. The van der Waals surface area contributed by atoms with Crippen molar-refractivity contribution in [2.45, 2.75) is 6.92 Å². The molecular weight excluding hydrogens is 321 g/mol. The zero-order valence-electron chi connectivity index (χ0n) is 12.0. The smallest absolute Gasteiger partial charge is 0.248 e. The molecule has 0 fully saturated rings. The summed E-state index contributed by atoms with van der Waals surface area (Å²) in [6.07, 6.45) is 3.15. The molecule has 0 bridgehead atoms. The van der Waals surface area contributed by atoms with Gasteiger partial charge in [0.15, 0.2) is 0 Å². The largest absolute Gasteiger partial charge is 0.494 e. The SMILES string of the molecule is CCOc1ccc(/C=C/C(=O)Nc2cccc(Cl)c2Cl)cc1. The average Bonchev–Trinajstić information content (AvgIpc) is 2.51. The number of amides is 1. The summed E-state index contributed by atoms with van der Waals surface area (Å²) in [5, 5.41) is 3.41. The second-order valence-corrected chi connectivity index (χ2v) is 5.21. The standard InChI is InChI=1S/C17H15Cl2NO2/c1-2-22-13-9-6-12(7-10-13)8-11-16(21)20-15-5-3-4-14(18)17(15)19/h3-11H,2H2,1H3,(H,20,21)/b11-8+. The zero-order chi connectivity index (χ0) is 15.9. The quantitative estimate of drug-likeness (QED) is 0.777. The topological polar surface area (TPSA) is 38.3 Å². The Morgan fingerprint density at radius 2 is 1.91 bits per heavy atom. The summed E-state index contributed by atoms with van der Waals surface area (Å²) in [4.78, 5) is 11.9. The van der Waals surface area contributed by atoms with E-state index in [9.17, 15) is 4.79 Å². The molecule has 0 radical (unpaired) electrons. The van der Waals surface area contributed by atoms with E-state index in [0.29, 0.717) is 22.3 Å². The van der Waals surface area contributed by atoms with E-state index in [1.165, 1.54) is 6.08 Å². The molecule has 0 unspecified atom stereocenters. The molecule has 0 aromatic heterocycles. The third-order valence-electron chi connectivity index (χ3n) is 2.83. The minimum absolute atomic E-state index is 0.280. The number of halogens is 2. The van der Waals surface area contributed by atoms with Crippen LogP contribution >= 0.6 is 23.2 Å². The summed E-state index contributed by atoms with van der Waals surface area (Å²) in [7, 11) is 0. The first kappa shape index (κ1) is 16.4. The molecule has 2 rings (SSSR count). The van der Waals surface area contributed by atoms with E-state index in [4.69, 9.17) is 27.9 Å². The Morgan fingerprint density at radius 1 is 1.18 bits per heavy atom. The van der Waals surface area contributed by atoms with E-state index in [0.717, 1.165) is 11.3 Å². The summed E-state index contributed by atoms with van der Waals surface area (Å²) < 4.78 is 5.36. The maximum absolute atomic E-state index is 11.9. The van der Waals surface area contributed by atoms with Crippen LogP contribution in [0.1, 0.15) is 12.5 Å². The van der Waals surface area contributed by atoms with Crippen LogP contribution in [0.3, 0.4) is 0 Å². The van der Waals surface area contributed by atoms with Gasteiger partial charge in [-0.15, -0.1) is 0 Å². The highest BCUT2D eigenvalue weighted by atomic mass is 35.5. The molecule has 0 atom stereocenters. The third-order valence-corrected chi connectivity index (χ3v) is 3.65. The molecule has 0 heterocycles. The Labute approximate surface area is 139 Å². The van der Waals surface area contributed by atoms with Gasteiger partial charge in [0.05, 0.1) is 22.3 Å². The van der Waals surface area contributed by atoms with Gasteiger partial charge < -0.3 is 10.1 Å². The highest BCUT2D eigenvalue weighted by molar-refractivity contribution is 6.44. The zero-order valence-corrected chi connectivity index (χ0v) is 13.5.